The SMILES string of the molecule is CCCC[C@H](NC(=O)[C@H](CCC(N)=O)NC(=O)[C@H](CO)NC(=O)[C@H](Cc1ccccc1)NC(=O)CCCCCNC(=O)c1ccc([125I])cc1)C(=O)N[C@@H](CCCBr)C(=O)B(O)O. The van der Waals surface area contributed by atoms with Gasteiger partial charge in [0.25, 0.3) is 5.91 Å². The summed E-state index contributed by atoms with van der Waals surface area (Å²) in [5.74, 6) is -4.97. The van der Waals surface area contributed by atoms with Crippen LogP contribution in [0.15, 0.2) is 54.6 Å². The molecule has 0 spiro atoms. The zero-order valence-electron chi connectivity index (χ0n) is 34.7. The number of primary amides is 1. The van der Waals surface area contributed by atoms with Crippen molar-refractivity contribution in [2.75, 3.05) is 18.5 Å². The molecule has 21 heteroatoms. The minimum absolute atomic E-state index is 0.0352. The highest BCUT2D eigenvalue weighted by Crippen LogP contribution is 2.11. The van der Waals surface area contributed by atoms with Crippen molar-refractivity contribution < 1.29 is 53.5 Å². The number of aliphatic hydroxyl groups is 1. The minimum Gasteiger partial charge on any atom is -0.421 e. The average Bonchev–Trinajstić information content (AvgIpc) is 3.24. The highest BCUT2D eigenvalue weighted by Gasteiger charge is 2.34. The Morgan fingerprint density at radius 2 is 1.24 bits per heavy atom. The number of unbranched alkanes of at least 4 members (excludes halogenated alkanes) is 3. The highest BCUT2D eigenvalue weighted by molar-refractivity contribution is 14.1. The number of nitrogens with one attached hydrogen (secondary N) is 6. The molecule has 0 aliphatic rings. The number of amides is 7. The summed E-state index contributed by atoms with van der Waals surface area (Å²) in [5, 5.41) is 45.0. The second-order valence-corrected chi connectivity index (χ2v) is 16.6. The van der Waals surface area contributed by atoms with Crippen molar-refractivity contribution in [3.8, 4) is 0 Å². The Morgan fingerprint density at radius 1 is 0.677 bits per heavy atom. The summed E-state index contributed by atoms with van der Waals surface area (Å²) in [7, 11) is -2.34. The van der Waals surface area contributed by atoms with Gasteiger partial charge in [-0.05, 0) is 90.9 Å². The number of hydrogen-bond acceptors (Lipinski definition) is 11. The number of hydrogen-bond donors (Lipinski definition) is 10. The van der Waals surface area contributed by atoms with Gasteiger partial charge in [-0.15, -0.1) is 0 Å². The molecular weight excluding hydrogens is 982 g/mol. The Morgan fingerprint density at radius 3 is 1.82 bits per heavy atom. The molecule has 0 aromatic heterocycles. The Hall–Kier alpha value is -4.45. The number of alkyl halides is 1. The van der Waals surface area contributed by atoms with Crippen molar-refractivity contribution in [2.24, 2.45) is 5.73 Å². The number of carbonyl (C=O) groups is 8. The van der Waals surface area contributed by atoms with Crippen molar-refractivity contribution in [2.45, 2.75) is 114 Å². The smallest absolute Gasteiger partial charge is 0.421 e. The van der Waals surface area contributed by atoms with E-state index in [9.17, 15) is 53.5 Å². The van der Waals surface area contributed by atoms with Crippen LogP contribution in [0.4, 0.5) is 0 Å². The van der Waals surface area contributed by atoms with Gasteiger partial charge in [-0.3, -0.25) is 33.6 Å². The lowest BCUT2D eigenvalue weighted by molar-refractivity contribution is -0.135. The third kappa shape index (κ3) is 20.6. The quantitative estimate of drug-likeness (QED) is 0.0222. The Kier molecular flexibility index (Phi) is 25.8. The summed E-state index contributed by atoms with van der Waals surface area (Å²) < 4.78 is 1.01. The summed E-state index contributed by atoms with van der Waals surface area (Å²) in [4.78, 5) is 104. The second-order valence-electron chi connectivity index (χ2n) is 14.6. The lowest BCUT2D eigenvalue weighted by Crippen LogP contribution is -2.60. The van der Waals surface area contributed by atoms with Gasteiger partial charge in [0.2, 0.25) is 35.4 Å². The predicted molar refractivity (Wildman–Crippen MR) is 243 cm³/mol. The first kappa shape index (κ1) is 53.7. The molecule has 2 aromatic rings. The van der Waals surface area contributed by atoms with E-state index in [4.69, 9.17) is 5.73 Å². The number of carbonyl (C=O) groups excluding carboxylic acids is 8. The van der Waals surface area contributed by atoms with Gasteiger partial charge in [-0.25, -0.2) is 0 Å². The van der Waals surface area contributed by atoms with Crippen LogP contribution in [0.1, 0.15) is 93.5 Å². The van der Waals surface area contributed by atoms with Crippen molar-refractivity contribution in [1.29, 1.82) is 0 Å². The van der Waals surface area contributed by atoms with Gasteiger partial charge in [0.15, 0.2) is 5.68 Å². The van der Waals surface area contributed by atoms with Gasteiger partial charge < -0.3 is 57.6 Å². The molecule has 340 valence electrons. The normalized spacial score (nSPS) is 13.3. The van der Waals surface area contributed by atoms with Crippen molar-refractivity contribution in [3.05, 3.63) is 69.3 Å². The van der Waals surface area contributed by atoms with Crippen LogP contribution in [-0.4, -0.2) is 118 Å². The second kappa shape index (κ2) is 29.8. The van der Waals surface area contributed by atoms with Crippen LogP contribution in [0, 0.1) is 3.57 Å². The van der Waals surface area contributed by atoms with Crippen molar-refractivity contribution >= 4 is 92.7 Å². The molecule has 2 rings (SSSR count). The highest BCUT2D eigenvalue weighted by atomic mass is 125. The molecule has 0 fully saturated rings. The molecule has 7 amide bonds. The molecule has 0 unspecified atom stereocenters. The van der Waals surface area contributed by atoms with E-state index in [-0.39, 0.29) is 44.4 Å². The number of halogens is 2. The molecule has 0 radical (unpaired) electrons. The molecule has 5 atom stereocenters. The van der Waals surface area contributed by atoms with Gasteiger partial charge in [0, 0.05) is 40.3 Å². The zero-order chi connectivity index (χ0) is 46.0. The molecule has 11 N–H and O–H groups in total. The first-order chi connectivity index (χ1) is 29.6. The lowest BCUT2D eigenvalue weighted by Gasteiger charge is -2.26. The number of rotatable bonds is 30. The maximum atomic E-state index is 13.7. The largest absolute Gasteiger partial charge is 0.529 e. The first-order valence-corrected chi connectivity index (χ1v) is 22.7. The van der Waals surface area contributed by atoms with E-state index >= 15 is 0 Å². The van der Waals surface area contributed by atoms with E-state index < -0.39 is 85.1 Å². The van der Waals surface area contributed by atoms with Gasteiger partial charge in [0.05, 0.1) is 12.6 Å². The van der Waals surface area contributed by atoms with Crippen LogP contribution in [0.3, 0.4) is 0 Å². The molecule has 2 aromatic carbocycles. The maximum Gasteiger partial charge on any atom is 0.529 e. The maximum absolute atomic E-state index is 13.7. The molecule has 0 aliphatic carbocycles. The fourth-order valence-electron chi connectivity index (χ4n) is 6.08. The molecule has 0 heterocycles. The Labute approximate surface area is 383 Å². The monoisotopic (exact) mass is 1040 g/mol. The molecular formula is C41H58BBrIN7O11. The van der Waals surface area contributed by atoms with Crippen LogP contribution < -0.4 is 37.6 Å². The van der Waals surface area contributed by atoms with Crippen molar-refractivity contribution in [3.63, 3.8) is 0 Å². The van der Waals surface area contributed by atoms with Crippen LogP contribution in [0.25, 0.3) is 0 Å². The van der Waals surface area contributed by atoms with E-state index in [1.54, 1.807) is 42.5 Å². The molecule has 0 bridgehead atoms. The van der Waals surface area contributed by atoms with Crippen LogP contribution in [-0.2, 0) is 40.0 Å². The molecule has 18 nitrogen and oxygen atoms in total. The average molecular weight is 1040 g/mol. The lowest BCUT2D eigenvalue weighted by atomic mass is 9.78. The number of benzene rings is 2. The topological polar surface area (TPSA) is 295 Å². The molecule has 0 aliphatic heterocycles. The third-order valence-electron chi connectivity index (χ3n) is 9.56. The molecule has 0 saturated carbocycles. The summed E-state index contributed by atoms with van der Waals surface area (Å²) in [6, 6.07) is 9.13. The number of aliphatic hydroxyl groups excluding tert-OH is 1. The first-order valence-electron chi connectivity index (χ1n) is 20.5. The fourth-order valence-corrected chi connectivity index (χ4v) is 6.76. The summed E-state index contributed by atoms with van der Waals surface area (Å²) in [6.07, 6.45) is 2.74. The zero-order valence-corrected chi connectivity index (χ0v) is 38.5. The number of nitrogens with two attached hydrogens (primary N) is 1. The summed E-state index contributed by atoms with van der Waals surface area (Å²) in [5.41, 5.74) is 5.54. The molecule has 62 heavy (non-hydrogen) atoms. The third-order valence-corrected chi connectivity index (χ3v) is 10.8. The van der Waals surface area contributed by atoms with E-state index in [2.05, 4.69) is 70.4 Å². The standard InChI is InChI=1S/C41H58BBrIN7O11/c1-2-3-13-30(38(57)48-29(14-10-22-43)36(55)42(61)62)49-39(58)31(20-21-34(45)53)50-41(60)33(25-52)51-40(59)32(24-26-11-6-4-7-12-26)47-35(54)15-8-5-9-23-46-37(56)27-16-18-28(44)19-17-27/h4,6-7,11-12,16-19,29-33,52,61-62H,2-3,5,8-10,13-15,20-25H2,1H3,(H2,45,53)(H,46,56)(H,47,54)(H,48,57)(H,49,58)(H,50,60)(H,51,59)/t29-,30-,31-,32-,33-/m0/s1/i44-2. The fraction of sp³-hybridized carbons (Fsp3) is 0.512. The van der Waals surface area contributed by atoms with Gasteiger partial charge in [-0.1, -0.05) is 72.4 Å². The summed E-state index contributed by atoms with van der Waals surface area (Å²) in [6.45, 7) is 1.33. The van der Waals surface area contributed by atoms with E-state index in [0.29, 0.717) is 61.5 Å². The van der Waals surface area contributed by atoms with E-state index in [1.165, 1.54) is 0 Å². The molecule has 0 saturated heterocycles. The van der Waals surface area contributed by atoms with Crippen LogP contribution >= 0.6 is 38.5 Å². The van der Waals surface area contributed by atoms with Gasteiger partial charge >= 0.3 is 7.12 Å². The van der Waals surface area contributed by atoms with Crippen LogP contribution in [0.5, 0.6) is 0 Å². The van der Waals surface area contributed by atoms with Crippen molar-refractivity contribution in [1.82, 2.24) is 31.9 Å². The van der Waals surface area contributed by atoms with E-state index in [1.807, 2.05) is 19.1 Å². The minimum atomic E-state index is -2.34. The van der Waals surface area contributed by atoms with Gasteiger partial charge in [-0.2, -0.15) is 0 Å². The van der Waals surface area contributed by atoms with Crippen LogP contribution in [0.2, 0.25) is 0 Å². The Bertz CT molecular complexity index is 1780. The Balaban J connectivity index is 2.12. The van der Waals surface area contributed by atoms with Gasteiger partial charge in [0.1, 0.15) is 24.2 Å². The summed E-state index contributed by atoms with van der Waals surface area (Å²) >= 11 is 5.38. The predicted octanol–water partition coefficient (Wildman–Crippen LogP) is 0.452. The van der Waals surface area contributed by atoms with E-state index in [0.717, 1.165) is 3.57 Å².